The topological polar surface area (TPSA) is 64.2 Å². The van der Waals surface area contributed by atoms with Gasteiger partial charge in [-0.1, -0.05) is 0 Å². The van der Waals surface area contributed by atoms with Gasteiger partial charge in [0.2, 0.25) is 0 Å². The Balaban J connectivity index is 2.23. The van der Waals surface area contributed by atoms with Crippen LogP contribution in [0.1, 0.15) is 36.3 Å². The lowest BCUT2D eigenvalue weighted by molar-refractivity contribution is 0.0457. The molecule has 2 N–H and O–H groups in total. The minimum absolute atomic E-state index is 0.0642. The molecule has 2 rings (SSSR count). The summed E-state index contributed by atoms with van der Waals surface area (Å²) in [4.78, 5) is 13.6. The number of piperidine rings is 1. The normalized spacial score (nSPS) is 16.5. The van der Waals surface area contributed by atoms with Crippen LogP contribution in [0, 0.1) is 0 Å². The molecular formula is C10H14F2N4O. The van der Waals surface area contributed by atoms with Gasteiger partial charge in [-0.25, -0.2) is 0 Å². The van der Waals surface area contributed by atoms with Crippen LogP contribution in [0.2, 0.25) is 0 Å². The van der Waals surface area contributed by atoms with Gasteiger partial charge in [0.05, 0.1) is 0 Å². The molecule has 94 valence electrons. The fraction of sp³-hybridized carbons (Fsp3) is 0.600. The molecule has 5 nitrogen and oxygen atoms in total. The zero-order valence-corrected chi connectivity index (χ0v) is 9.27. The van der Waals surface area contributed by atoms with Crippen molar-refractivity contribution in [2.45, 2.75) is 25.8 Å². The Labute approximate surface area is 97.2 Å². The summed E-state index contributed by atoms with van der Waals surface area (Å²) in [5.74, 6) is -0.486. The third-order valence-electron chi connectivity index (χ3n) is 2.80. The number of likely N-dealkylation sites (tertiary alicyclic amines) is 1. The average molecular weight is 244 g/mol. The molecule has 1 saturated heterocycles. The molecular weight excluding hydrogens is 230 g/mol. The van der Waals surface area contributed by atoms with Gasteiger partial charge in [-0.3, -0.25) is 4.79 Å². The summed E-state index contributed by atoms with van der Waals surface area (Å²) in [6.45, 7) is -1.64. The van der Waals surface area contributed by atoms with Crippen LogP contribution in [0.5, 0.6) is 0 Å². The maximum Gasteiger partial charge on any atom is 0.334 e. The van der Waals surface area contributed by atoms with E-state index >= 15 is 0 Å². The summed E-state index contributed by atoms with van der Waals surface area (Å²) < 4.78 is 25.7. The number of halogens is 2. The lowest BCUT2D eigenvalue weighted by atomic mass is 10.1. The van der Waals surface area contributed by atoms with Crippen molar-refractivity contribution in [1.82, 2.24) is 14.7 Å². The summed E-state index contributed by atoms with van der Waals surface area (Å²) in [6, 6.07) is 1.20. The number of nitrogens with two attached hydrogens (primary N) is 1. The van der Waals surface area contributed by atoms with Crippen LogP contribution in [0.3, 0.4) is 0 Å². The Morgan fingerprint density at radius 2 is 2.00 bits per heavy atom. The summed E-state index contributed by atoms with van der Waals surface area (Å²) in [5.41, 5.74) is 5.21. The standard InChI is InChI=1S/C10H14F2N4O/c11-10(12)16-7(6-8(13)14-16)9(17)15-4-2-1-3-5-15/h6,10H,1-5H2,(H2,13,14). The average Bonchev–Trinajstić information content (AvgIpc) is 2.72. The van der Waals surface area contributed by atoms with E-state index < -0.39 is 12.5 Å². The number of rotatable bonds is 2. The van der Waals surface area contributed by atoms with Crippen molar-refractivity contribution in [3.63, 3.8) is 0 Å². The van der Waals surface area contributed by atoms with Crippen molar-refractivity contribution in [1.29, 1.82) is 0 Å². The first-order valence-electron chi connectivity index (χ1n) is 5.52. The molecule has 0 aromatic carbocycles. The van der Waals surface area contributed by atoms with Crippen molar-refractivity contribution in [3.05, 3.63) is 11.8 Å². The zero-order valence-electron chi connectivity index (χ0n) is 9.27. The van der Waals surface area contributed by atoms with Crippen molar-refractivity contribution >= 4 is 11.7 Å². The fourth-order valence-corrected chi connectivity index (χ4v) is 1.98. The van der Waals surface area contributed by atoms with Gasteiger partial charge in [0.25, 0.3) is 5.91 Å². The summed E-state index contributed by atoms with van der Waals surface area (Å²) >= 11 is 0. The molecule has 1 aromatic rings. The first kappa shape index (κ1) is 11.8. The van der Waals surface area contributed by atoms with Crippen molar-refractivity contribution < 1.29 is 13.6 Å². The van der Waals surface area contributed by atoms with Crippen LogP contribution in [-0.4, -0.2) is 33.7 Å². The third-order valence-corrected chi connectivity index (χ3v) is 2.80. The first-order chi connectivity index (χ1) is 8.09. The molecule has 0 spiro atoms. The van der Waals surface area contributed by atoms with E-state index in [2.05, 4.69) is 5.10 Å². The Hall–Kier alpha value is -1.66. The van der Waals surface area contributed by atoms with E-state index in [0.717, 1.165) is 19.3 Å². The van der Waals surface area contributed by atoms with E-state index in [4.69, 9.17) is 5.73 Å². The van der Waals surface area contributed by atoms with Crippen molar-refractivity contribution in [2.75, 3.05) is 18.8 Å². The van der Waals surface area contributed by atoms with Crippen LogP contribution >= 0.6 is 0 Å². The van der Waals surface area contributed by atoms with Crippen LogP contribution in [0.4, 0.5) is 14.6 Å². The van der Waals surface area contributed by atoms with Crippen LogP contribution in [0.25, 0.3) is 0 Å². The molecule has 0 bridgehead atoms. The minimum Gasteiger partial charge on any atom is -0.382 e. The van der Waals surface area contributed by atoms with Gasteiger partial charge < -0.3 is 10.6 Å². The maximum atomic E-state index is 12.6. The Morgan fingerprint density at radius 1 is 1.35 bits per heavy atom. The highest BCUT2D eigenvalue weighted by atomic mass is 19.3. The Bertz CT molecular complexity index is 412. The highest BCUT2D eigenvalue weighted by molar-refractivity contribution is 5.93. The number of hydrogen-bond acceptors (Lipinski definition) is 3. The number of carbonyl (C=O) groups excluding carboxylic acids is 1. The number of aromatic nitrogens is 2. The van der Waals surface area contributed by atoms with E-state index in [1.54, 1.807) is 4.90 Å². The summed E-state index contributed by atoms with van der Waals surface area (Å²) in [6.07, 6.45) is 2.88. The van der Waals surface area contributed by atoms with Crippen molar-refractivity contribution in [3.8, 4) is 0 Å². The number of amides is 1. The smallest absolute Gasteiger partial charge is 0.334 e. The van der Waals surface area contributed by atoms with Gasteiger partial charge in [0, 0.05) is 19.2 Å². The largest absolute Gasteiger partial charge is 0.382 e. The molecule has 0 unspecified atom stereocenters. The molecule has 7 heteroatoms. The van der Waals surface area contributed by atoms with Crippen LogP contribution in [-0.2, 0) is 0 Å². The second-order valence-electron chi connectivity index (χ2n) is 4.03. The Kier molecular flexibility index (Phi) is 3.26. The predicted octanol–water partition coefficient (Wildman–Crippen LogP) is 1.49. The van der Waals surface area contributed by atoms with E-state index in [1.165, 1.54) is 6.07 Å². The molecule has 1 aromatic heterocycles. The molecule has 0 radical (unpaired) electrons. The number of hydrogen-bond donors (Lipinski definition) is 1. The van der Waals surface area contributed by atoms with E-state index in [1.807, 2.05) is 0 Å². The molecule has 1 aliphatic rings. The van der Waals surface area contributed by atoms with Gasteiger partial charge in [-0.05, 0) is 19.3 Å². The van der Waals surface area contributed by atoms with E-state index in [0.29, 0.717) is 17.8 Å². The maximum absolute atomic E-state index is 12.6. The van der Waals surface area contributed by atoms with Gasteiger partial charge in [0.1, 0.15) is 11.5 Å². The summed E-state index contributed by atoms with van der Waals surface area (Å²) in [5, 5.41) is 3.42. The fourth-order valence-electron chi connectivity index (χ4n) is 1.98. The minimum atomic E-state index is -2.85. The lowest BCUT2D eigenvalue weighted by Crippen LogP contribution is -2.36. The quantitative estimate of drug-likeness (QED) is 0.857. The number of nitrogen functional groups attached to an aromatic ring is 1. The molecule has 1 fully saturated rings. The molecule has 17 heavy (non-hydrogen) atoms. The second-order valence-corrected chi connectivity index (χ2v) is 4.03. The molecule has 0 aliphatic carbocycles. The van der Waals surface area contributed by atoms with Gasteiger partial charge in [-0.15, -0.1) is 5.10 Å². The van der Waals surface area contributed by atoms with Gasteiger partial charge in [-0.2, -0.15) is 13.5 Å². The lowest BCUT2D eigenvalue weighted by Gasteiger charge is -2.26. The monoisotopic (exact) mass is 244 g/mol. The molecule has 2 heterocycles. The number of alkyl halides is 2. The first-order valence-corrected chi connectivity index (χ1v) is 5.52. The zero-order chi connectivity index (χ0) is 12.4. The van der Waals surface area contributed by atoms with Gasteiger partial charge in [0.15, 0.2) is 0 Å². The number of carbonyl (C=O) groups is 1. The van der Waals surface area contributed by atoms with Crippen LogP contribution in [0.15, 0.2) is 6.07 Å². The van der Waals surface area contributed by atoms with Crippen LogP contribution < -0.4 is 5.73 Å². The molecule has 1 amide bonds. The molecule has 1 aliphatic heterocycles. The second kappa shape index (κ2) is 4.68. The number of anilines is 1. The predicted molar refractivity (Wildman–Crippen MR) is 57.6 cm³/mol. The van der Waals surface area contributed by atoms with Gasteiger partial charge >= 0.3 is 6.55 Å². The Morgan fingerprint density at radius 3 is 2.59 bits per heavy atom. The highest BCUT2D eigenvalue weighted by Crippen LogP contribution is 2.19. The SMILES string of the molecule is Nc1cc(C(=O)N2CCCCC2)n(C(F)F)n1. The molecule has 0 atom stereocenters. The summed E-state index contributed by atoms with van der Waals surface area (Å²) in [7, 11) is 0. The third kappa shape index (κ3) is 2.37. The van der Waals surface area contributed by atoms with E-state index in [-0.39, 0.29) is 11.5 Å². The van der Waals surface area contributed by atoms with Crippen molar-refractivity contribution in [2.24, 2.45) is 0 Å². The molecule has 0 saturated carbocycles. The highest BCUT2D eigenvalue weighted by Gasteiger charge is 2.25. The number of nitrogens with zero attached hydrogens (tertiary/aromatic N) is 3. The van der Waals surface area contributed by atoms with E-state index in [9.17, 15) is 13.6 Å².